The van der Waals surface area contributed by atoms with Crippen molar-refractivity contribution < 1.29 is 5.11 Å². The van der Waals surface area contributed by atoms with Crippen LogP contribution in [0, 0.1) is 5.92 Å². The third-order valence-electron chi connectivity index (χ3n) is 3.62. The quantitative estimate of drug-likeness (QED) is 0.824. The lowest BCUT2D eigenvalue weighted by molar-refractivity contribution is 0.110. The van der Waals surface area contributed by atoms with Crippen molar-refractivity contribution in [3.63, 3.8) is 0 Å². The lowest BCUT2D eigenvalue weighted by Crippen LogP contribution is -2.37. The minimum Gasteiger partial charge on any atom is -0.393 e. The van der Waals surface area contributed by atoms with Gasteiger partial charge in [-0.05, 0) is 37.8 Å². The fourth-order valence-electron chi connectivity index (χ4n) is 2.50. The highest BCUT2D eigenvalue weighted by Crippen LogP contribution is 2.26. The number of aromatic nitrogens is 1. The molecule has 0 amide bonds. The van der Waals surface area contributed by atoms with Gasteiger partial charge in [-0.3, -0.25) is 4.98 Å². The van der Waals surface area contributed by atoms with Gasteiger partial charge in [-0.2, -0.15) is 0 Å². The molecule has 0 spiro atoms. The van der Waals surface area contributed by atoms with Crippen molar-refractivity contribution in [2.75, 3.05) is 18.0 Å². The van der Waals surface area contributed by atoms with E-state index in [4.69, 9.17) is 5.73 Å². The van der Waals surface area contributed by atoms with Gasteiger partial charge in [0.05, 0.1) is 17.5 Å². The molecular weight excluding hydrogens is 214 g/mol. The van der Waals surface area contributed by atoms with Crippen molar-refractivity contribution in [2.45, 2.75) is 32.4 Å². The van der Waals surface area contributed by atoms with Crippen LogP contribution in [0.1, 0.15) is 25.5 Å². The molecule has 1 saturated heterocycles. The van der Waals surface area contributed by atoms with Crippen molar-refractivity contribution in [2.24, 2.45) is 11.7 Å². The van der Waals surface area contributed by atoms with Gasteiger partial charge in [-0.25, -0.2) is 0 Å². The first-order valence-electron chi connectivity index (χ1n) is 6.29. The molecule has 1 aromatic heterocycles. The Balaban J connectivity index is 2.05. The topological polar surface area (TPSA) is 62.4 Å². The number of nitrogens with zero attached hydrogens (tertiary/aromatic N) is 2. The Labute approximate surface area is 102 Å². The van der Waals surface area contributed by atoms with E-state index in [0.717, 1.165) is 37.3 Å². The summed E-state index contributed by atoms with van der Waals surface area (Å²) in [7, 11) is 0. The maximum Gasteiger partial charge on any atom is 0.0772 e. The standard InChI is InChI=1S/C13H21N3O/c1-10(17)11-4-7-16(8-5-11)13-3-2-6-15-12(13)9-14/h2-3,6,10-11,17H,4-5,7-9,14H2,1H3. The SMILES string of the molecule is CC(O)C1CCN(c2cccnc2CN)CC1. The van der Waals surface area contributed by atoms with Gasteiger partial charge in [-0.1, -0.05) is 0 Å². The number of anilines is 1. The Hall–Kier alpha value is -1.13. The van der Waals surface area contributed by atoms with E-state index in [0.29, 0.717) is 12.5 Å². The number of aliphatic hydroxyl groups is 1. The maximum atomic E-state index is 9.58. The molecule has 1 atom stereocenters. The van der Waals surface area contributed by atoms with Gasteiger partial charge >= 0.3 is 0 Å². The molecule has 1 unspecified atom stereocenters. The number of pyridine rings is 1. The summed E-state index contributed by atoms with van der Waals surface area (Å²) in [6.07, 6.45) is 3.67. The van der Waals surface area contributed by atoms with Crippen LogP contribution in [-0.4, -0.2) is 29.3 Å². The third kappa shape index (κ3) is 2.76. The van der Waals surface area contributed by atoms with Gasteiger partial charge in [0.25, 0.3) is 0 Å². The monoisotopic (exact) mass is 235 g/mol. The number of rotatable bonds is 3. The molecule has 1 aromatic rings. The predicted molar refractivity (Wildman–Crippen MR) is 68.7 cm³/mol. The Morgan fingerprint density at radius 2 is 2.24 bits per heavy atom. The Bertz CT molecular complexity index is 359. The number of piperidine rings is 1. The molecule has 0 aliphatic carbocycles. The van der Waals surface area contributed by atoms with Crippen molar-refractivity contribution in [3.05, 3.63) is 24.0 Å². The van der Waals surface area contributed by atoms with Crippen LogP contribution in [0.5, 0.6) is 0 Å². The molecule has 1 aliphatic heterocycles. The van der Waals surface area contributed by atoms with Crippen LogP contribution in [0.4, 0.5) is 5.69 Å². The first kappa shape index (κ1) is 12.3. The van der Waals surface area contributed by atoms with Crippen molar-refractivity contribution in [3.8, 4) is 0 Å². The van der Waals surface area contributed by atoms with Crippen LogP contribution in [0.15, 0.2) is 18.3 Å². The second-order valence-electron chi connectivity index (χ2n) is 4.74. The van der Waals surface area contributed by atoms with Crippen molar-refractivity contribution >= 4 is 5.69 Å². The highest BCUT2D eigenvalue weighted by molar-refractivity contribution is 5.50. The average Bonchev–Trinajstić information content (AvgIpc) is 2.39. The summed E-state index contributed by atoms with van der Waals surface area (Å²) in [6, 6.07) is 4.03. The molecule has 2 rings (SSSR count). The van der Waals surface area contributed by atoms with E-state index in [1.807, 2.05) is 13.0 Å². The molecule has 17 heavy (non-hydrogen) atoms. The Kier molecular flexibility index (Phi) is 3.97. The smallest absolute Gasteiger partial charge is 0.0772 e. The summed E-state index contributed by atoms with van der Waals surface area (Å²) in [5.41, 5.74) is 7.82. The zero-order chi connectivity index (χ0) is 12.3. The first-order valence-corrected chi connectivity index (χ1v) is 6.29. The summed E-state index contributed by atoms with van der Waals surface area (Å²) >= 11 is 0. The number of hydrogen-bond acceptors (Lipinski definition) is 4. The molecule has 94 valence electrons. The van der Waals surface area contributed by atoms with Gasteiger partial charge in [0.15, 0.2) is 0 Å². The zero-order valence-electron chi connectivity index (χ0n) is 10.3. The lowest BCUT2D eigenvalue weighted by Gasteiger charge is -2.35. The lowest BCUT2D eigenvalue weighted by atomic mass is 9.92. The fourth-order valence-corrected chi connectivity index (χ4v) is 2.50. The molecule has 0 radical (unpaired) electrons. The summed E-state index contributed by atoms with van der Waals surface area (Å²) in [6.45, 7) is 4.32. The minimum absolute atomic E-state index is 0.194. The highest BCUT2D eigenvalue weighted by Gasteiger charge is 2.23. The normalized spacial score (nSPS) is 19.4. The van der Waals surface area contributed by atoms with Crippen LogP contribution in [0.2, 0.25) is 0 Å². The van der Waals surface area contributed by atoms with E-state index in [1.165, 1.54) is 0 Å². The van der Waals surface area contributed by atoms with E-state index in [2.05, 4.69) is 16.0 Å². The maximum absolute atomic E-state index is 9.58. The number of hydrogen-bond donors (Lipinski definition) is 2. The van der Waals surface area contributed by atoms with Gasteiger partial charge in [-0.15, -0.1) is 0 Å². The molecule has 3 N–H and O–H groups in total. The highest BCUT2D eigenvalue weighted by atomic mass is 16.3. The Morgan fingerprint density at radius 1 is 1.53 bits per heavy atom. The van der Waals surface area contributed by atoms with E-state index in [-0.39, 0.29) is 6.10 Å². The second-order valence-corrected chi connectivity index (χ2v) is 4.74. The van der Waals surface area contributed by atoms with E-state index >= 15 is 0 Å². The summed E-state index contributed by atoms with van der Waals surface area (Å²) in [4.78, 5) is 6.64. The predicted octanol–water partition coefficient (Wildman–Crippen LogP) is 1.14. The van der Waals surface area contributed by atoms with Gasteiger partial charge in [0.2, 0.25) is 0 Å². The van der Waals surface area contributed by atoms with Crippen molar-refractivity contribution in [1.82, 2.24) is 4.98 Å². The van der Waals surface area contributed by atoms with Gasteiger partial charge < -0.3 is 15.7 Å². The number of nitrogens with two attached hydrogens (primary N) is 1. The molecule has 0 bridgehead atoms. The fraction of sp³-hybridized carbons (Fsp3) is 0.615. The minimum atomic E-state index is -0.194. The zero-order valence-corrected chi connectivity index (χ0v) is 10.3. The molecule has 1 fully saturated rings. The molecule has 0 aromatic carbocycles. The van der Waals surface area contributed by atoms with Crippen LogP contribution >= 0.6 is 0 Å². The summed E-state index contributed by atoms with van der Waals surface area (Å²) < 4.78 is 0. The molecule has 4 heteroatoms. The van der Waals surface area contributed by atoms with Gasteiger partial charge in [0.1, 0.15) is 0 Å². The molecule has 4 nitrogen and oxygen atoms in total. The molecular formula is C13H21N3O. The second kappa shape index (κ2) is 5.47. The first-order chi connectivity index (χ1) is 8.22. The van der Waals surface area contributed by atoms with Crippen molar-refractivity contribution in [1.29, 1.82) is 0 Å². The van der Waals surface area contributed by atoms with Crippen LogP contribution < -0.4 is 10.6 Å². The third-order valence-corrected chi connectivity index (χ3v) is 3.62. The summed E-state index contributed by atoms with van der Waals surface area (Å²) in [5, 5.41) is 9.58. The van der Waals surface area contributed by atoms with Crippen LogP contribution in [0.3, 0.4) is 0 Å². The number of aliphatic hydroxyl groups excluding tert-OH is 1. The van der Waals surface area contributed by atoms with E-state index < -0.39 is 0 Å². The van der Waals surface area contributed by atoms with Gasteiger partial charge in [0, 0.05) is 25.8 Å². The molecule has 1 aliphatic rings. The largest absolute Gasteiger partial charge is 0.393 e. The van der Waals surface area contributed by atoms with E-state index in [1.54, 1.807) is 6.20 Å². The molecule has 0 saturated carbocycles. The molecule has 2 heterocycles. The Morgan fingerprint density at radius 3 is 2.82 bits per heavy atom. The van der Waals surface area contributed by atoms with Crippen LogP contribution in [0.25, 0.3) is 0 Å². The van der Waals surface area contributed by atoms with Crippen LogP contribution in [-0.2, 0) is 6.54 Å². The summed E-state index contributed by atoms with van der Waals surface area (Å²) in [5.74, 6) is 0.434. The van der Waals surface area contributed by atoms with E-state index in [9.17, 15) is 5.11 Å². The average molecular weight is 235 g/mol.